The van der Waals surface area contributed by atoms with Gasteiger partial charge in [0, 0.05) is 6.54 Å². The van der Waals surface area contributed by atoms with Gasteiger partial charge in [-0.1, -0.05) is 13.8 Å². The van der Waals surface area contributed by atoms with E-state index in [1.54, 1.807) is 0 Å². The van der Waals surface area contributed by atoms with Gasteiger partial charge in [-0.15, -0.1) is 0 Å². The lowest BCUT2D eigenvalue weighted by molar-refractivity contribution is -0.145. The van der Waals surface area contributed by atoms with Gasteiger partial charge in [-0.05, 0) is 51.7 Å². The third-order valence-electron chi connectivity index (χ3n) is 3.63. The topological polar surface area (TPSA) is 41.6 Å². The molecule has 1 N–H and O–H groups in total. The highest BCUT2D eigenvalue weighted by atomic mass is 16.5. The molecule has 0 bridgehead atoms. The molecule has 0 aliphatic carbocycles. The number of hydrogen-bond donors (Lipinski definition) is 1. The number of likely N-dealkylation sites (N-methyl/N-ethyl adjacent to an activating group) is 1. The van der Waals surface area contributed by atoms with E-state index in [0.29, 0.717) is 6.61 Å². The molecule has 1 atom stereocenters. The SMILES string of the molecule is CCNC(CCN1CCC(C)CC1)C(=O)OCC. The van der Waals surface area contributed by atoms with Crippen LogP contribution in [-0.4, -0.2) is 49.7 Å². The Labute approximate surface area is 111 Å². The minimum atomic E-state index is -0.144. The van der Waals surface area contributed by atoms with Crippen LogP contribution in [0.3, 0.4) is 0 Å². The fraction of sp³-hybridized carbons (Fsp3) is 0.929. The van der Waals surface area contributed by atoms with Gasteiger partial charge >= 0.3 is 5.97 Å². The highest BCUT2D eigenvalue weighted by molar-refractivity contribution is 5.75. The summed E-state index contributed by atoms with van der Waals surface area (Å²) in [5.74, 6) is 0.751. The number of carbonyl (C=O) groups excluding carboxylic acids is 1. The summed E-state index contributed by atoms with van der Waals surface area (Å²) >= 11 is 0. The minimum Gasteiger partial charge on any atom is -0.465 e. The summed E-state index contributed by atoms with van der Waals surface area (Å²) < 4.78 is 5.09. The van der Waals surface area contributed by atoms with Gasteiger partial charge in [0.15, 0.2) is 0 Å². The highest BCUT2D eigenvalue weighted by Gasteiger charge is 2.21. The average molecular weight is 256 g/mol. The summed E-state index contributed by atoms with van der Waals surface area (Å²) in [6.45, 7) is 10.8. The maximum atomic E-state index is 11.8. The molecule has 0 radical (unpaired) electrons. The van der Waals surface area contributed by atoms with Crippen LogP contribution in [0, 0.1) is 5.92 Å². The standard InChI is InChI=1S/C14H28N2O2/c1-4-15-13(14(17)18-5-2)8-11-16-9-6-12(3)7-10-16/h12-13,15H,4-11H2,1-3H3. The maximum absolute atomic E-state index is 11.8. The molecule has 0 aromatic heterocycles. The van der Waals surface area contributed by atoms with Crippen molar-refractivity contribution < 1.29 is 9.53 Å². The van der Waals surface area contributed by atoms with Crippen molar-refractivity contribution in [3.8, 4) is 0 Å². The summed E-state index contributed by atoms with van der Waals surface area (Å²) in [5.41, 5.74) is 0. The average Bonchev–Trinajstić information content (AvgIpc) is 2.36. The number of ether oxygens (including phenoxy) is 1. The molecule has 1 unspecified atom stereocenters. The first-order valence-electron chi connectivity index (χ1n) is 7.29. The predicted octanol–water partition coefficient (Wildman–Crippen LogP) is 1.65. The minimum absolute atomic E-state index is 0.107. The molecule has 1 fully saturated rings. The summed E-state index contributed by atoms with van der Waals surface area (Å²) in [6.07, 6.45) is 3.41. The second kappa shape index (κ2) is 8.48. The lowest BCUT2D eigenvalue weighted by Crippen LogP contribution is -2.42. The molecule has 1 aliphatic rings. The molecule has 1 aliphatic heterocycles. The normalized spacial score (nSPS) is 19.7. The Morgan fingerprint density at radius 1 is 1.39 bits per heavy atom. The van der Waals surface area contributed by atoms with E-state index in [1.165, 1.54) is 25.9 Å². The number of nitrogens with zero attached hydrogens (tertiary/aromatic N) is 1. The van der Waals surface area contributed by atoms with Crippen LogP contribution in [0.5, 0.6) is 0 Å². The molecule has 0 amide bonds. The lowest BCUT2D eigenvalue weighted by atomic mass is 9.99. The Morgan fingerprint density at radius 2 is 2.06 bits per heavy atom. The van der Waals surface area contributed by atoms with E-state index in [-0.39, 0.29) is 12.0 Å². The number of nitrogens with one attached hydrogen (secondary N) is 1. The summed E-state index contributed by atoms with van der Waals surface area (Å²) in [4.78, 5) is 14.2. The van der Waals surface area contributed by atoms with E-state index in [1.807, 2.05) is 13.8 Å². The number of piperidine rings is 1. The van der Waals surface area contributed by atoms with Gasteiger partial charge in [-0.2, -0.15) is 0 Å². The molecule has 0 aromatic rings. The highest BCUT2D eigenvalue weighted by Crippen LogP contribution is 2.16. The molecular weight excluding hydrogens is 228 g/mol. The summed E-state index contributed by atoms with van der Waals surface area (Å²) in [5, 5.41) is 3.21. The molecule has 1 saturated heterocycles. The number of carbonyl (C=O) groups is 1. The predicted molar refractivity (Wildman–Crippen MR) is 73.6 cm³/mol. The Hall–Kier alpha value is -0.610. The molecule has 0 saturated carbocycles. The molecule has 1 rings (SSSR count). The summed E-state index contributed by atoms with van der Waals surface area (Å²) in [6, 6.07) is -0.144. The van der Waals surface area contributed by atoms with Crippen LogP contribution in [0.2, 0.25) is 0 Å². The van der Waals surface area contributed by atoms with Crippen LogP contribution >= 0.6 is 0 Å². The van der Waals surface area contributed by atoms with Gasteiger partial charge in [0.25, 0.3) is 0 Å². The lowest BCUT2D eigenvalue weighted by Gasteiger charge is -2.31. The van der Waals surface area contributed by atoms with Crippen LogP contribution in [0.4, 0.5) is 0 Å². The zero-order valence-corrected chi connectivity index (χ0v) is 12.1. The van der Waals surface area contributed by atoms with Crippen molar-refractivity contribution in [3.63, 3.8) is 0 Å². The fourth-order valence-electron chi connectivity index (χ4n) is 2.39. The number of likely N-dealkylation sites (tertiary alicyclic amines) is 1. The van der Waals surface area contributed by atoms with E-state index < -0.39 is 0 Å². The number of rotatable bonds is 7. The Morgan fingerprint density at radius 3 is 2.61 bits per heavy atom. The molecule has 1 heterocycles. The van der Waals surface area contributed by atoms with Crippen molar-refractivity contribution in [2.45, 2.75) is 46.1 Å². The van der Waals surface area contributed by atoms with Gasteiger partial charge in [-0.3, -0.25) is 4.79 Å². The van der Waals surface area contributed by atoms with E-state index in [9.17, 15) is 4.79 Å². The smallest absolute Gasteiger partial charge is 0.323 e. The number of esters is 1. The molecule has 0 spiro atoms. The number of hydrogen-bond acceptors (Lipinski definition) is 4. The first kappa shape index (κ1) is 15.4. The first-order chi connectivity index (χ1) is 8.67. The van der Waals surface area contributed by atoms with Crippen molar-refractivity contribution in [2.75, 3.05) is 32.8 Å². The van der Waals surface area contributed by atoms with Crippen LogP contribution in [0.1, 0.15) is 40.0 Å². The second-order valence-electron chi connectivity index (χ2n) is 5.18. The van der Waals surface area contributed by atoms with Crippen molar-refractivity contribution in [2.24, 2.45) is 5.92 Å². The zero-order valence-electron chi connectivity index (χ0n) is 12.1. The third kappa shape index (κ3) is 5.36. The zero-order chi connectivity index (χ0) is 13.4. The van der Waals surface area contributed by atoms with Crippen LogP contribution < -0.4 is 5.32 Å². The monoisotopic (exact) mass is 256 g/mol. The van der Waals surface area contributed by atoms with E-state index in [4.69, 9.17) is 4.74 Å². The van der Waals surface area contributed by atoms with E-state index >= 15 is 0 Å². The van der Waals surface area contributed by atoms with Crippen LogP contribution in [0.25, 0.3) is 0 Å². The van der Waals surface area contributed by atoms with Gasteiger partial charge < -0.3 is 15.0 Å². The van der Waals surface area contributed by atoms with Gasteiger partial charge in [0.1, 0.15) is 6.04 Å². The maximum Gasteiger partial charge on any atom is 0.323 e. The Kier molecular flexibility index (Phi) is 7.28. The first-order valence-corrected chi connectivity index (χ1v) is 7.29. The van der Waals surface area contributed by atoms with Gasteiger partial charge in [0.05, 0.1) is 6.61 Å². The van der Waals surface area contributed by atoms with Crippen molar-refractivity contribution in [1.29, 1.82) is 0 Å². The van der Waals surface area contributed by atoms with E-state index in [2.05, 4.69) is 17.1 Å². The molecule has 4 heteroatoms. The molecular formula is C14H28N2O2. The Bertz CT molecular complexity index is 238. The van der Waals surface area contributed by atoms with Crippen LogP contribution in [-0.2, 0) is 9.53 Å². The molecule has 0 aromatic carbocycles. The van der Waals surface area contributed by atoms with Crippen LogP contribution in [0.15, 0.2) is 0 Å². The molecule has 4 nitrogen and oxygen atoms in total. The second-order valence-corrected chi connectivity index (χ2v) is 5.18. The quantitative estimate of drug-likeness (QED) is 0.703. The van der Waals surface area contributed by atoms with Crippen molar-refractivity contribution in [3.05, 3.63) is 0 Å². The van der Waals surface area contributed by atoms with E-state index in [0.717, 1.165) is 25.4 Å². The Balaban J connectivity index is 2.30. The fourth-order valence-corrected chi connectivity index (χ4v) is 2.39. The van der Waals surface area contributed by atoms with Crippen molar-refractivity contribution >= 4 is 5.97 Å². The largest absolute Gasteiger partial charge is 0.465 e. The summed E-state index contributed by atoms with van der Waals surface area (Å²) in [7, 11) is 0. The van der Waals surface area contributed by atoms with Gasteiger partial charge in [0.2, 0.25) is 0 Å². The molecule has 18 heavy (non-hydrogen) atoms. The van der Waals surface area contributed by atoms with Gasteiger partial charge in [-0.25, -0.2) is 0 Å². The molecule has 106 valence electrons. The van der Waals surface area contributed by atoms with Crippen molar-refractivity contribution in [1.82, 2.24) is 10.2 Å². The third-order valence-corrected chi connectivity index (χ3v) is 3.63.